The predicted octanol–water partition coefficient (Wildman–Crippen LogP) is -0.0104. The average Bonchev–Trinajstić information content (AvgIpc) is 2.86. The first-order valence-corrected chi connectivity index (χ1v) is 6.76. The van der Waals surface area contributed by atoms with E-state index in [0.717, 1.165) is 32.0 Å². The van der Waals surface area contributed by atoms with Crippen LogP contribution in [0.3, 0.4) is 0 Å². The highest BCUT2D eigenvalue weighted by Gasteiger charge is 2.53. The molecule has 2 N–H and O–H groups in total. The minimum absolute atomic E-state index is 0.142. The number of hydrogen-bond acceptors (Lipinski definition) is 4. The molecule has 2 atom stereocenters. The van der Waals surface area contributed by atoms with Gasteiger partial charge in [-0.05, 0) is 24.7 Å². The summed E-state index contributed by atoms with van der Waals surface area (Å²) in [4.78, 5) is 13.2. The van der Waals surface area contributed by atoms with Gasteiger partial charge in [-0.2, -0.15) is 15.0 Å². The number of aromatic nitrogens is 3. The summed E-state index contributed by atoms with van der Waals surface area (Å²) in [6.07, 6.45) is 1.67. The third-order valence-corrected chi connectivity index (χ3v) is 3.92. The van der Waals surface area contributed by atoms with Crippen LogP contribution in [0.4, 0.5) is 4.79 Å². The van der Waals surface area contributed by atoms with Gasteiger partial charge >= 0.3 is 6.03 Å². The van der Waals surface area contributed by atoms with E-state index in [-0.39, 0.29) is 6.03 Å². The van der Waals surface area contributed by atoms with Crippen LogP contribution in [0.25, 0.3) is 0 Å². The Morgan fingerprint density at radius 2 is 2.26 bits per heavy atom. The maximum atomic E-state index is 11.6. The minimum atomic E-state index is -0.142. The Labute approximate surface area is 111 Å². The van der Waals surface area contributed by atoms with Crippen molar-refractivity contribution in [3.8, 4) is 0 Å². The number of aryl methyl sites for hydroxylation is 1. The molecule has 1 saturated carbocycles. The van der Waals surface area contributed by atoms with Crippen LogP contribution < -0.4 is 10.6 Å². The number of fused-ring (bicyclic) bond motifs is 1. The van der Waals surface area contributed by atoms with E-state index in [2.05, 4.69) is 20.8 Å². The lowest BCUT2D eigenvalue weighted by atomic mass is 10.3. The fourth-order valence-corrected chi connectivity index (χ4v) is 2.67. The van der Waals surface area contributed by atoms with Gasteiger partial charge in [0.05, 0.1) is 32.5 Å². The van der Waals surface area contributed by atoms with Gasteiger partial charge in [-0.3, -0.25) is 0 Å². The quantitative estimate of drug-likeness (QED) is 0.784. The molecule has 1 aromatic rings. The molecular weight excluding hydrogens is 246 g/mol. The third-order valence-electron chi connectivity index (χ3n) is 3.92. The molecule has 2 fully saturated rings. The highest BCUT2D eigenvalue weighted by Crippen LogP contribution is 2.50. The van der Waals surface area contributed by atoms with Gasteiger partial charge in [0, 0.05) is 6.54 Å². The number of nitrogens with zero attached hydrogens (tertiary/aromatic N) is 3. The molecule has 2 amide bonds. The molecule has 7 heteroatoms. The van der Waals surface area contributed by atoms with Crippen molar-refractivity contribution in [2.75, 3.05) is 19.8 Å². The molecule has 3 rings (SSSR count). The number of carbonyl (C=O) groups is 1. The molecule has 2 aliphatic rings. The van der Waals surface area contributed by atoms with E-state index in [1.165, 1.54) is 0 Å². The van der Waals surface area contributed by atoms with Gasteiger partial charge in [0.25, 0.3) is 0 Å². The van der Waals surface area contributed by atoms with Gasteiger partial charge in [0.2, 0.25) is 0 Å². The highest BCUT2D eigenvalue weighted by molar-refractivity contribution is 5.73. The summed E-state index contributed by atoms with van der Waals surface area (Å²) in [5.41, 5.74) is 0.772. The van der Waals surface area contributed by atoms with Crippen molar-refractivity contribution in [2.24, 2.45) is 17.8 Å². The fraction of sp³-hybridized carbons (Fsp3) is 0.750. The topological polar surface area (TPSA) is 81.1 Å². The number of hydrogen-bond donors (Lipinski definition) is 2. The normalized spacial score (nSPS) is 27.9. The predicted molar refractivity (Wildman–Crippen MR) is 67.2 cm³/mol. The molecule has 7 nitrogen and oxygen atoms in total. The Balaban J connectivity index is 1.35. The van der Waals surface area contributed by atoms with Crippen molar-refractivity contribution in [1.82, 2.24) is 25.6 Å². The highest BCUT2D eigenvalue weighted by atomic mass is 16.5. The average molecular weight is 265 g/mol. The van der Waals surface area contributed by atoms with Crippen molar-refractivity contribution in [1.29, 1.82) is 0 Å². The van der Waals surface area contributed by atoms with Crippen LogP contribution in [-0.2, 0) is 17.8 Å². The van der Waals surface area contributed by atoms with Crippen LogP contribution >= 0.6 is 0 Å². The fourth-order valence-electron chi connectivity index (χ4n) is 2.67. The lowest BCUT2D eigenvalue weighted by molar-refractivity contribution is 0.150. The van der Waals surface area contributed by atoms with Gasteiger partial charge in [-0.1, -0.05) is 0 Å². The smallest absolute Gasteiger partial charge is 0.315 e. The zero-order valence-corrected chi connectivity index (χ0v) is 11.0. The number of nitrogens with one attached hydrogen (secondary N) is 2. The van der Waals surface area contributed by atoms with Crippen molar-refractivity contribution in [3.63, 3.8) is 0 Å². The summed E-state index contributed by atoms with van der Waals surface area (Å²) < 4.78 is 5.32. The molecule has 1 aliphatic carbocycles. The third kappa shape index (κ3) is 2.70. The second-order valence-corrected chi connectivity index (χ2v) is 5.12. The second-order valence-electron chi connectivity index (χ2n) is 5.12. The first-order valence-electron chi connectivity index (χ1n) is 6.76. The molecule has 1 saturated heterocycles. The summed E-state index contributed by atoms with van der Waals surface area (Å²) >= 11 is 0. The van der Waals surface area contributed by atoms with Crippen molar-refractivity contribution in [2.45, 2.75) is 20.0 Å². The summed E-state index contributed by atoms with van der Waals surface area (Å²) in [6, 6.07) is -0.142. The Kier molecular flexibility index (Phi) is 3.37. The van der Waals surface area contributed by atoms with Crippen molar-refractivity contribution < 1.29 is 9.53 Å². The first kappa shape index (κ1) is 12.4. The van der Waals surface area contributed by atoms with E-state index in [0.29, 0.717) is 24.3 Å². The van der Waals surface area contributed by atoms with Crippen molar-refractivity contribution in [3.05, 3.63) is 11.9 Å². The zero-order valence-electron chi connectivity index (χ0n) is 11.0. The van der Waals surface area contributed by atoms with Crippen LogP contribution in [0.5, 0.6) is 0 Å². The number of carbonyl (C=O) groups excluding carboxylic acids is 1. The number of rotatable bonds is 5. The zero-order chi connectivity index (χ0) is 13.2. The van der Waals surface area contributed by atoms with E-state index in [9.17, 15) is 4.79 Å². The van der Waals surface area contributed by atoms with E-state index in [1.807, 2.05) is 6.92 Å². The lowest BCUT2D eigenvalue weighted by Crippen LogP contribution is -2.37. The molecule has 19 heavy (non-hydrogen) atoms. The number of ether oxygens (including phenoxy) is 1. The monoisotopic (exact) mass is 265 g/mol. The molecule has 0 bridgehead atoms. The van der Waals surface area contributed by atoms with Gasteiger partial charge in [-0.25, -0.2) is 4.79 Å². The first-order chi connectivity index (χ1) is 9.28. The van der Waals surface area contributed by atoms with Crippen LogP contribution in [0.2, 0.25) is 0 Å². The Morgan fingerprint density at radius 3 is 2.95 bits per heavy atom. The maximum absolute atomic E-state index is 11.6. The van der Waals surface area contributed by atoms with Crippen LogP contribution in [0.1, 0.15) is 12.6 Å². The SMILES string of the molecule is CCn1ncc(CNC(=O)NCC2C3COCC23)n1. The lowest BCUT2D eigenvalue weighted by Gasteiger charge is -2.07. The van der Waals surface area contributed by atoms with E-state index < -0.39 is 0 Å². The molecule has 0 aromatic carbocycles. The summed E-state index contributed by atoms with van der Waals surface area (Å²) in [5.74, 6) is 1.95. The van der Waals surface area contributed by atoms with Crippen LogP contribution in [-0.4, -0.2) is 40.8 Å². The Bertz CT molecular complexity index is 451. The summed E-state index contributed by atoms with van der Waals surface area (Å²) in [6.45, 7) is 5.58. The van der Waals surface area contributed by atoms with Gasteiger partial charge in [0.15, 0.2) is 0 Å². The van der Waals surface area contributed by atoms with Gasteiger partial charge < -0.3 is 15.4 Å². The number of amides is 2. The van der Waals surface area contributed by atoms with Crippen LogP contribution in [0, 0.1) is 17.8 Å². The van der Waals surface area contributed by atoms with E-state index >= 15 is 0 Å². The molecule has 1 aromatic heterocycles. The molecular formula is C12H19N5O2. The molecule has 1 aliphatic heterocycles. The van der Waals surface area contributed by atoms with Crippen LogP contribution in [0.15, 0.2) is 6.20 Å². The largest absolute Gasteiger partial charge is 0.381 e. The summed E-state index contributed by atoms with van der Waals surface area (Å²) in [7, 11) is 0. The molecule has 2 unspecified atom stereocenters. The molecule has 104 valence electrons. The Morgan fingerprint density at radius 1 is 1.47 bits per heavy atom. The maximum Gasteiger partial charge on any atom is 0.315 e. The van der Waals surface area contributed by atoms with E-state index in [4.69, 9.17) is 4.74 Å². The molecule has 2 heterocycles. The van der Waals surface area contributed by atoms with E-state index in [1.54, 1.807) is 11.0 Å². The number of urea groups is 1. The summed E-state index contributed by atoms with van der Waals surface area (Å²) in [5, 5.41) is 13.9. The Hall–Kier alpha value is -1.63. The van der Waals surface area contributed by atoms with Gasteiger partial charge in [-0.15, -0.1) is 0 Å². The molecule has 0 radical (unpaired) electrons. The minimum Gasteiger partial charge on any atom is -0.381 e. The standard InChI is InChI=1S/C12H19N5O2/c1-2-17-15-4-8(16-17)3-13-12(18)14-5-9-10-6-19-7-11(9)10/h4,9-11H,2-3,5-7H2,1H3,(H2,13,14,18). The second kappa shape index (κ2) is 5.16. The van der Waals surface area contributed by atoms with Gasteiger partial charge in [0.1, 0.15) is 5.69 Å². The van der Waals surface area contributed by atoms with Crippen molar-refractivity contribution >= 4 is 6.03 Å². The molecule has 0 spiro atoms.